The molecule has 0 aliphatic carbocycles. The van der Waals surface area contributed by atoms with E-state index in [9.17, 15) is 14.4 Å². The maximum absolute atomic E-state index is 14.0. The van der Waals surface area contributed by atoms with E-state index in [4.69, 9.17) is 9.47 Å². The summed E-state index contributed by atoms with van der Waals surface area (Å²) in [5, 5.41) is 4.07. The Balaban J connectivity index is 1.44. The van der Waals surface area contributed by atoms with Gasteiger partial charge >= 0.3 is 12.1 Å². The lowest BCUT2D eigenvalue weighted by Crippen LogP contribution is -2.70. The van der Waals surface area contributed by atoms with Crippen molar-refractivity contribution in [3.8, 4) is 0 Å². The van der Waals surface area contributed by atoms with E-state index in [1.807, 2.05) is 84.3 Å². The number of hydrogen-bond acceptors (Lipinski definition) is 8. The predicted molar refractivity (Wildman–Crippen MR) is 163 cm³/mol. The molecule has 2 aliphatic heterocycles. The van der Waals surface area contributed by atoms with Gasteiger partial charge in [-0.3, -0.25) is 14.7 Å². The Kier molecular flexibility index (Phi) is 9.03. The summed E-state index contributed by atoms with van der Waals surface area (Å²) in [6.07, 6.45) is 3.93. The van der Waals surface area contributed by atoms with Crippen LogP contribution in [0.5, 0.6) is 0 Å². The van der Waals surface area contributed by atoms with Gasteiger partial charge in [0, 0.05) is 23.0 Å². The lowest BCUT2D eigenvalue weighted by molar-refractivity contribution is -0.153. The first-order chi connectivity index (χ1) is 20.2. The molecular formula is C32H31N3O5S2. The SMILES string of the molecule is CC(C)(C)OC(=O)NC1C(=O)N2C(C(=O)OC(c3ccccc3)c3ccccc3)=C(/C=C/Sc3cccnc3)CS[C@H]12. The van der Waals surface area contributed by atoms with E-state index in [1.165, 1.54) is 28.4 Å². The molecule has 42 heavy (non-hydrogen) atoms. The number of alkyl carbamates (subject to hydrolysis) is 1. The van der Waals surface area contributed by atoms with Crippen molar-refractivity contribution in [3.63, 3.8) is 0 Å². The van der Waals surface area contributed by atoms with E-state index < -0.39 is 41.1 Å². The Morgan fingerprint density at radius 1 is 1.05 bits per heavy atom. The highest BCUT2D eigenvalue weighted by Gasteiger charge is 2.54. The van der Waals surface area contributed by atoms with Gasteiger partial charge in [0.1, 0.15) is 22.7 Å². The zero-order valence-corrected chi connectivity index (χ0v) is 25.1. The van der Waals surface area contributed by atoms with Crippen LogP contribution in [-0.2, 0) is 19.1 Å². The minimum Gasteiger partial charge on any atom is -0.448 e. The third-order valence-electron chi connectivity index (χ3n) is 6.40. The number of benzene rings is 2. The van der Waals surface area contributed by atoms with Crippen LogP contribution in [0.25, 0.3) is 0 Å². The van der Waals surface area contributed by atoms with Crippen molar-refractivity contribution in [1.82, 2.24) is 15.2 Å². The van der Waals surface area contributed by atoms with Crippen LogP contribution in [0.2, 0.25) is 0 Å². The van der Waals surface area contributed by atoms with Crippen molar-refractivity contribution < 1.29 is 23.9 Å². The standard InChI is InChI=1S/C32H31N3O5S2/c1-32(2,3)40-31(38)34-25-28(36)35-26(23(20-42-29(25)35)16-18-41-24-15-10-17-33-19-24)30(37)39-27(21-11-6-4-7-12-21)22-13-8-5-9-14-22/h4-19,25,27,29H,20H2,1-3H3,(H,34,38)/b18-16+/t25?,29-/m1/s1. The number of thioether (sulfide) groups is 2. The first kappa shape index (κ1) is 29.5. The van der Waals surface area contributed by atoms with E-state index in [2.05, 4.69) is 10.3 Å². The van der Waals surface area contributed by atoms with Crippen molar-refractivity contribution in [2.75, 3.05) is 5.75 Å². The number of ether oxygens (including phenoxy) is 2. The quantitative estimate of drug-likeness (QED) is 0.188. The maximum atomic E-state index is 14.0. The van der Waals surface area contributed by atoms with Crippen LogP contribution in [0.3, 0.4) is 0 Å². The van der Waals surface area contributed by atoms with Crippen molar-refractivity contribution >= 4 is 41.5 Å². The molecule has 1 N–H and O–H groups in total. The Morgan fingerprint density at radius 3 is 2.31 bits per heavy atom. The van der Waals surface area contributed by atoms with Crippen molar-refractivity contribution in [2.45, 2.75) is 48.8 Å². The molecule has 2 aromatic carbocycles. The summed E-state index contributed by atoms with van der Waals surface area (Å²) >= 11 is 2.92. The second kappa shape index (κ2) is 12.9. The number of pyridine rings is 1. The number of β-lactam (4-membered cyclic amide) rings is 1. The van der Waals surface area contributed by atoms with E-state index in [0.29, 0.717) is 11.3 Å². The average molecular weight is 602 g/mol. The van der Waals surface area contributed by atoms with Gasteiger partial charge in [0.25, 0.3) is 5.91 Å². The lowest BCUT2D eigenvalue weighted by Gasteiger charge is -2.49. The molecule has 1 unspecified atom stereocenters. The third kappa shape index (κ3) is 6.88. The number of fused-ring (bicyclic) bond motifs is 1. The molecule has 3 aromatic rings. The molecule has 8 nitrogen and oxygen atoms in total. The van der Waals surface area contributed by atoms with Crippen LogP contribution >= 0.6 is 23.5 Å². The summed E-state index contributed by atoms with van der Waals surface area (Å²) < 4.78 is 11.5. The summed E-state index contributed by atoms with van der Waals surface area (Å²) in [5.74, 6) is -0.573. The average Bonchev–Trinajstić information content (AvgIpc) is 2.98. The van der Waals surface area contributed by atoms with Gasteiger partial charge in [-0.05, 0) is 61.1 Å². The molecule has 0 spiro atoms. The Labute approximate surface area is 253 Å². The molecule has 10 heteroatoms. The topological polar surface area (TPSA) is 97.8 Å². The zero-order chi connectivity index (χ0) is 29.7. The minimum absolute atomic E-state index is 0.172. The zero-order valence-electron chi connectivity index (χ0n) is 23.4. The molecule has 0 saturated carbocycles. The van der Waals surface area contributed by atoms with Gasteiger partial charge in [-0.1, -0.05) is 72.4 Å². The first-order valence-corrected chi connectivity index (χ1v) is 15.4. The fourth-order valence-electron chi connectivity index (χ4n) is 4.55. The summed E-state index contributed by atoms with van der Waals surface area (Å²) in [6, 6.07) is 21.9. The third-order valence-corrected chi connectivity index (χ3v) is 8.49. The highest BCUT2D eigenvalue weighted by Crippen LogP contribution is 2.42. The molecule has 2 aliphatic rings. The minimum atomic E-state index is -0.818. The van der Waals surface area contributed by atoms with E-state index >= 15 is 0 Å². The summed E-state index contributed by atoms with van der Waals surface area (Å²) in [4.78, 5) is 46.4. The Bertz CT molecular complexity index is 1450. The summed E-state index contributed by atoms with van der Waals surface area (Å²) in [5.41, 5.74) is 1.73. The van der Waals surface area contributed by atoms with Crippen molar-refractivity contribution in [2.24, 2.45) is 0 Å². The van der Waals surface area contributed by atoms with Gasteiger partial charge in [-0.25, -0.2) is 9.59 Å². The highest BCUT2D eigenvalue weighted by molar-refractivity contribution is 8.02. The first-order valence-electron chi connectivity index (χ1n) is 13.4. The smallest absolute Gasteiger partial charge is 0.408 e. The second-order valence-corrected chi connectivity index (χ2v) is 12.7. The van der Waals surface area contributed by atoms with Crippen LogP contribution < -0.4 is 5.32 Å². The monoisotopic (exact) mass is 601 g/mol. The van der Waals surface area contributed by atoms with Crippen LogP contribution in [0.15, 0.2) is 113 Å². The van der Waals surface area contributed by atoms with Gasteiger partial charge in [0.2, 0.25) is 0 Å². The molecule has 0 bridgehead atoms. The summed E-state index contributed by atoms with van der Waals surface area (Å²) in [7, 11) is 0. The van der Waals surface area contributed by atoms with Gasteiger partial charge in [0.15, 0.2) is 6.10 Å². The number of aromatic nitrogens is 1. The Hall–Kier alpha value is -4.02. The number of carbonyl (C=O) groups is 3. The fraction of sp³-hybridized carbons (Fsp3) is 0.250. The predicted octanol–water partition coefficient (Wildman–Crippen LogP) is 6.08. The van der Waals surface area contributed by atoms with E-state index in [0.717, 1.165) is 16.0 Å². The number of rotatable bonds is 8. The molecule has 3 heterocycles. The number of nitrogens with one attached hydrogen (secondary N) is 1. The number of hydrogen-bond donors (Lipinski definition) is 1. The fourth-order valence-corrected chi connectivity index (χ4v) is 6.54. The normalized spacial score (nSPS) is 18.5. The molecule has 1 aromatic heterocycles. The van der Waals surface area contributed by atoms with Gasteiger partial charge in [-0.2, -0.15) is 0 Å². The second-order valence-electron chi connectivity index (χ2n) is 10.6. The molecule has 5 rings (SSSR count). The van der Waals surface area contributed by atoms with Crippen molar-refractivity contribution in [1.29, 1.82) is 0 Å². The molecule has 216 valence electrons. The molecular weight excluding hydrogens is 571 g/mol. The van der Waals surface area contributed by atoms with Gasteiger partial charge in [0.05, 0.1) is 0 Å². The molecule has 1 fully saturated rings. The number of allylic oxidation sites excluding steroid dienone is 1. The van der Waals surface area contributed by atoms with Gasteiger partial charge < -0.3 is 14.8 Å². The number of nitrogens with zero attached hydrogens (tertiary/aromatic N) is 2. The lowest BCUT2D eigenvalue weighted by atomic mass is 10.0. The largest absolute Gasteiger partial charge is 0.448 e. The molecule has 0 radical (unpaired) electrons. The molecule has 2 atom stereocenters. The highest BCUT2D eigenvalue weighted by atomic mass is 32.2. The number of esters is 1. The van der Waals surface area contributed by atoms with E-state index in [1.54, 1.807) is 33.2 Å². The van der Waals surface area contributed by atoms with Crippen LogP contribution in [0.4, 0.5) is 4.79 Å². The van der Waals surface area contributed by atoms with Crippen LogP contribution in [0.1, 0.15) is 38.0 Å². The van der Waals surface area contributed by atoms with Crippen LogP contribution in [0, 0.1) is 0 Å². The van der Waals surface area contributed by atoms with Crippen molar-refractivity contribution in [3.05, 3.63) is 119 Å². The molecule has 2 amide bonds. The number of carbonyl (C=O) groups excluding carboxylic acids is 3. The maximum Gasteiger partial charge on any atom is 0.408 e. The summed E-state index contributed by atoms with van der Waals surface area (Å²) in [6.45, 7) is 5.27. The Morgan fingerprint density at radius 2 is 1.71 bits per heavy atom. The number of amides is 2. The van der Waals surface area contributed by atoms with E-state index in [-0.39, 0.29) is 5.70 Å². The van der Waals surface area contributed by atoms with Gasteiger partial charge in [-0.15, -0.1) is 11.8 Å². The molecule has 1 saturated heterocycles. The van der Waals surface area contributed by atoms with Crippen LogP contribution in [-0.4, -0.2) is 50.6 Å².